The van der Waals surface area contributed by atoms with Gasteiger partial charge < -0.3 is 14.2 Å². The summed E-state index contributed by atoms with van der Waals surface area (Å²) < 4.78 is 7.49. The number of piperazine rings is 1. The third-order valence-corrected chi connectivity index (χ3v) is 5.97. The number of aromatic nitrogens is 1. The summed E-state index contributed by atoms with van der Waals surface area (Å²) in [6.07, 6.45) is 8.39. The predicted octanol–water partition coefficient (Wildman–Crippen LogP) is 1.64. The van der Waals surface area contributed by atoms with E-state index in [0.717, 1.165) is 51.2 Å². The van der Waals surface area contributed by atoms with Gasteiger partial charge in [-0.2, -0.15) is 0 Å². The van der Waals surface area contributed by atoms with E-state index in [9.17, 15) is 4.79 Å². The van der Waals surface area contributed by atoms with Crippen molar-refractivity contribution in [1.29, 1.82) is 0 Å². The van der Waals surface area contributed by atoms with Gasteiger partial charge in [0.05, 0.1) is 13.2 Å². The minimum atomic E-state index is 0.169. The number of fused-ring (bicyclic) bond motifs is 1. The van der Waals surface area contributed by atoms with Gasteiger partial charge in [-0.25, -0.2) is 0 Å². The van der Waals surface area contributed by atoms with E-state index in [1.54, 1.807) is 0 Å². The van der Waals surface area contributed by atoms with Gasteiger partial charge in [0.25, 0.3) is 0 Å². The molecule has 2 fully saturated rings. The molecular weight excluding hydrogens is 364 g/mol. The second kappa shape index (κ2) is 9.45. The molecule has 3 heterocycles. The molecule has 0 atom stereocenters. The van der Waals surface area contributed by atoms with Crippen LogP contribution >= 0.6 is 0 Å². The molecule has 4 rings (SSSR count). The first-order valence-corrected chi connectivity index (χ1v) is 10.5. The van der Waals surface area contributed by atoms with E-state index in [1.165, 1.54) is 10.9 Å². The van der Waals surface area contributed by atoms with Crippen LogP contribution < -0.4 is 0 Å². The monoisotopic (exact) mass is 394 g/mol. The lowest BCUT2D eigenvalue weighted by molar-refractivity contribution is -0.135. The smallest absolute Gasteiger partial charge is 0.242 e. The van der Waals surface area contributed by atoms with E-state index < -0.39 is 0 Å². The number of rotatable bonds is 6. The number of amides is 1. The maximum atomic E-state index is 12.8. The Hall–Kier alpha value is -2.33. The van der Waals surface area contributed by atoms with Gasteiger partial charge in [-0.15, -0.1) is 12.3 Å². The molecule has 2 aliphatic heterocycles. The van der Waals surface area contributed by atoms with E-state index in [0.29, 0.717) is 32.8 Å². The summed E-state index contributed by atoms with van der Waals surface area (Å²) in [4.78, 5) is 19.6. The summed E-state index contributed by atoms with van der Waals surface area (Å²) in [5.41, 5.74) is 2.43. The number of carbonyl (C=O) groups is 1. The molecule has 1 amide bonds. The number of carbonyl (C=O) groups excluding carboxylic acids is 1. The van der Waals surface area contributed by atoms with Gasteiger partial charge in [-0.05, 0) is 11.6 Å². The highest BCUT2D eigenvalue weighted by atomic mass is 16.5. The molecule has 1 aromatic heterocycles. The van der Waals surface area contributed by atoms with Crippen LogP contribution in [0.4, 0.5) is 0 Å². The predicted molar refractivity (Wildman–Crippen MR) is 115 cm³/mol. The van der Waals surface area contributed by atoms with Crippen LogP contribution in [0.2, 0.25) is 0 Å². The summed E-state index contributed by atoms with van der Waals surface area (Å²) in [5.74, 6) is 2.90. The van der Waals surface area contributed by atoms with Gasteiger partial charge in [0.2, 0.25) is 5.91 Å². The van der Waals surface area contributed by atoms with Crippen molar-refractivity contribution in [3.63, 3.8) is 0 Å². The molecule has 154 valence electrons. The zero-order chi connectivity index (χ0) is 20.1. The van der Waals surface area contributed by atoms with Gasteiger partial charge in [0.15, 0.2) is 0 Å². The van der Waals surface area contributed by atoms with Crippen molar-refractivity contribution in [3.05, 3.63) is 36.0 Å². The van der Waals surface area contributed by atoms with Crippen LogP contribution in [0.3, 0.4) is 0 Å². The number of hydrogen-bond acceptors (Lipinski definition) is 4. The largest absolute Gasteiger partial charge is 0.378 e. The lowest BCUT2D eigenvalue weighted by Crippen LogP contribution is -2.46. The molecule has 6 nitrogen and oxygen atoms in total. The molecule has 0 unspecified atom stereocenters. The Labute approximate surface area is 173 Å². The van der Waals surface area contributed by atoms with E-state index >= 15 is 0 Å². The highest BCUT2D eigenvalue weighted by Gasteiger charge is 2.21. The Morgan fingerprint density at radius 3 is 2.52 bits per heavy atom. The molecule has 2 aliphatic rings. The van der Waals surface area contributed by atoms with Gasteiger partial charge >= 0.3 is 0 Å². The van der Waals surface area contributed by atoms with Crippen LogP contribution in [0.5, 0.6) is 0 Å². The van der Waals surface area contributed by atoms with Gasteiger partial charge in [0, 0.05) is 75.9 Å². The molecule has 0 spiro atoms. The maximum absolute atomic E-state index is 12.8. The Kier molecular flexibility index (Phi) is 6.50. The van der Waals surface area contributed by atoms with E-state index in [1.807, 2.05) is 11.0 Å². The van der Waals surface area contributed by atoms with Crippen molar-refractivity contribution >= 4 is 16.8 Å². The summed E-state index contributed by atoms with van der Waals surface area (Å²) in [6.45, 7) is 9.19. The molecule has 0 saturated carbocycles. The Morgan fingerprint density at radius 1 is 1.03 bits per heavy atom. The lowest BCUT2D eigenvalue weighted by Gasteiger charge is -2.34. The fraction of sp³-hybridized carbons (Fsp3) is 0.522. The van der Waals surface area contributed by atoms with E-state index in [2.05, 4.69) is 44.7 Å². The first kappa shape index (κ1) is 20.0. The number of nitrogens with zero attached hydrogens (tertiary/aromatic N) is 4. The van der Waals surface area contributed by atoms with Crippen LogP contribution in [-0.2, 0) is 22.6 Å². The number of morpholine rings is 1. The van der Waals surface area contributed by atoms with Crippen molar-refractivity contribution in [2.24, 2.45) is 0 Å². The number of terminal acetylenes is 1. The van der Waals surface area contributed by atoms with E-state index in [-0.39, 0.29) is 5.91 Å². The molecule has 1 aromatic carbocycles. The SMILES string of the molecule is C#CCCN1CCN(Cc2cn(CC(=O)N3CCOCC3)c3ccccc23)CC1. The second-order valence-electron chi connectivity index (χ2n) is 7.86. The first-order valence-electron chi connectivity index (χ1n) is 10.5. The highest BCUT2D eigenvalue weighted by molar-refractivity contribution is 5.86. The highest BCUT2D eigenvalue weighted by Crippen LogP contribution is 2.23. The first-order chi connectivity index (χ1) is 14.2. The Balaban J connectivity index is 1.44. The molecule has 29 heavy (non-hydrogen) atoms. The van der Waals surface area contributed by atoms with Crippen LogP contribution in [0.25, 0.3) is 10.9 Å². The number of hydrogen-bond donors (Lipinski definition) is 0. The summed E-state index contributed by atoms with van der Waals surface area (Å²) in [5, 5.41) is 1.25. The van der Waals surface area contributed by atoms with E-state index in [4.69, 9.17) is 11.2 Å². The molecule has 0 bridgehead atoms. The van der Waals surface area contributed by atoms with Crippen LogP contribution in [0.1, 0.15) is 12.0 Å². The van der Waals surface area contributed by atoms with Crippen LogP contribution in [0, 0.1) is 12.3 Å². The van der Waals surface area contributed by atoms with Gasteiger partial charge in [0.1, 0.15) is 6.54 Å². The minimum Gasteiger partial charge on any atom is -0.378 e. The molecule has 2 saturated heterocycles. The summed E-state index contributed by atoms with van der Waals surface area (Å²) >= 11 is 0. The molecule has 0 radical (unpaired) electrons. The van der Waals surface area contributed by atoms with Crippen LogP contribution in [-0.4, -0.2) is 84.2 Å². The topological polar surface area (TPSA) is 41.0 Å². The van der Waals surface area contributed by atoms with Crippen molar-refractivity contribution < 1.29 is 9.53 Å². The fourth-order valence-corrected chi connectivity index (χ4v) is 4.27. The quantitative estimate of drug-likeness (QED) is 0.699. The zero-order valence-corrected chi connectivity index (χ0v) is 17.1. The molecular formula is C23H30N4O2. The third kappa shape index (κ3) is 4.81. The number of ether oxygens (including phenoxy) is 1. The average Bonchev–Trinajstić information content (AvgIpc) is 3.11. The number of para-hydroxylation sites is 1. The van der Waals surface area contributed by atoms with Crippen molar-refractivity contribution in [2.75, 3.05) is 59.0 Å². The van der Waals surface area contributed by atoms with Crippen molar-refractivity contribution in [3.8, 4) is 12.3 Å². The van der Waals surface area contributed by atoms with Crippen LogP contribution in [0.15, 0.2) is 30.5 Å². The Morgan fingerprint density at radius 2 is 1.76 bits per heavy atom. The molecule has 0 aliphatic carbocycles. The standard InChI is InChI=1S/C23H30N4O2/c1-2-3-8-24-9-11-25(12-10-24)17-20-18-27(22-7-5-4-6-21(20)22)19-23(28)26-13-15-29-16-14-26/h1,4-7,18H,3,8-17,19H2. The molecule has 0 N–H and O–H groups in total. The van der Waals surface area contributed by atoms with Crippen molar-refractivity contribution in [2.45, 2.75) is 19.5 Å². The summed E-state index contributed by atoms with van der Waals surface area (Å²) in [7, 11) is 0. The normalized spacial score (nSPS) is 18.8. The molecule has 2 aromatic rings. The maximum Gasteiger partial charge on any atom is 0.242 e. The lowest BCUT2D eigenvalue weighted by atomic mass is 10.1. The Bertz CT molecular complexity index is 871. The minimum absolute atomic E-state index is 0.169. The average molecular weight is 395 g/mol. The zero-order valence-electron chi connectivity index (χ0n) is 17.1. The van der Waals surface area contributed by atoms with Gasteiger partial charge in [-0.1, -0.05) is 18.2 Å². The second-order valence-corrected chi connectivity index (χ2v) is 7.86. The van der Waals surface area contributed by atoms with Gasteiger partial charge in [-0.3, -0.25) is 14.6 Å². The number of benzene rings is 1. The fourth-order valence-electron chi connectivity index (χ4n) is 4.27. The third-order valence-electron chi connectivity index (χ3n) is 5.97. The summed E-state index contributed by atoms with van der Waals surface area (Å²) in [6, 6.07) is 8.41. The molecule has 6 heteroatoms. The van der Waals surface area contributed by atoms with Crippen molar-refractivity contribution in [1.82, 2.24) is 19.3 Å².